The summed E-state index contributed by atoms with van der Waals surface area (Å²) >= 11 is 4.53. The summed E-state index contributed by atoms with van der Waals surface area (Å²) in [5.74, 6) is -0.349. The third kappa shape index (κ3) is 4.30. The number of ether oxygens (including phenoxy) is 2. The van der Waals surface area contributed by atoms with Crippen LogP contribution in [0, 0.1) is 0 Å². The highest BCUT2D eigenvalue weighted by atomic mass is 32.2. The Bertz CT molecular complexity index is 524. The van der Waals surface area contributed by atoms with Gasteiger partial charge < -0.3 is 15.2 Å². The molecule has 0 atom stereocenters. The van der Waals surface area contributed by atoms with Crippen LogP contribution in [0.2, 0.25) is 0 Å². The van der Waals surface area contributed by atoms with E-state index in [2.05, 4.69) is 26.9 Å². The summed E-state index contributed by atoms with van der Waals surface area (Å²) in [5, 5.41) is 0. The van der Waals surface area contributed by atoms with Gasteiger partial charge in [0.15, 0.2) is 0 Å². The zero-order valence-corrected chi connectivity index (χ0v) is 11.3. The highest BCUT2D eigenvalue weighted by Crippen LogP contribution is 2.17. The summed E-state index contributed by atoms with van der Waals surface area (Å²) in [6.45, 7) is 0. The van der Waals surface area contributed by atoms with Gasteiger partial charge in [-0.05, 0) is 0 Å². The monoisotopic (exact) mass is 292 g/mol. The minimum absolute atomic E-state index is 0.155. The molecular weight excluding hydrogens is 280 g/mol. The van der Waals surface area contributed by atoms with E-state index < -0.39 is 15.8 Å². The van der Waals surface area contributed by atoms with Gasteiger partial charge >= 0.3 is 0 Å². The van der Waals surface area contributed by atoms with E-state index in [-0.39, 0.29) is 22.7 Å². The Balaban J connectivity index is 3.00. The van der Waals surface area contributed by atoms with Crippen molar-refractivity contribution in [3.05, 3.63) is 6.07 Å². The van der Waals surface area contributed by atoms with Crippen LogP contribution < -0.4 is 19.9 Å². The molecule has 0 bridgehead atoms. The first-order chi connectivity index (χ1) is 8.36. The molecule has 0 aromatic carbocycles. The summed E-state index contributed by atoms with van der Waals surface area (Å²) in [7, 11) is -0.968. The maximum atomic E-state index is 11.6. The second-order valence-electron chi connectivity index (χ2n) is 3.10. The topological polar surface area (TPSA) is 116 Å². The van der Waals surface area contributed by atoms with Crippen molar-refractivity contribution in [3.63, 3.8) is 0 Å². The molecule has 0 spiro atoms. The van der Waals surface area contributed by atoms with Crippen LogP contribution in [0.4, 0.5) is 5.95 Å². The first-order valence-corrected chi connectivity index (χ1v) is 6.68. The number of rotatable bonds is 6. The quantitative estimate of drug-likeness (QED) is 0.675. The first kappa shape index (κ1) is 14.4. The predicted octanol–water partition coefficient (Wildman–Crippen LogP) is -0.478. The van der Waals surface area contributed by atoms with Gasteiger partial charge in [-0.3, -0.25) is 4.72 Å². The summed E-state index contributed by atoms with van der Waals surface area (Å²) in [6, 6.07) is 1.41. The number of anilines is 1. The summed E-state index contributed by atoms with van der Waals surface area (Å²) in [6.07, 6.45) is 0. The fourth-order valence-electron chi connectivity index (χ4n) is 1.02. The molecule has 0 aliphatic heterocycles. The predicted molar refractivity (Wildman–Crippen MR) is 69.3 cm³/mol. The van der Waals surface area contributed by atoms with Gasteiger partial charge in [-0.25, -0.2) is 8.42 Å². The summed E-state index contributed by atoms with van der Waals surface area (Å²) in [5.41, 5.74) is 5.17. The number of nitrogens with two attached hydrogens (primary N) is 1. The average molecular weight is 292 g/mol. The number of sulfonamides is 1. The molecule has 0 amide bonds. The Kier molecular flexibility index (Phi) is 4.62. The lowest BCUT2D eigenvalue weighted by molar-refractivity contribution is 0.373. The number of nitrogens with one attached hydrogen (secondary N) is 1. The number of thiocarbonyl (C=S) groups is 1. The van der Waals surface area contributed by atoms with Gasteiger partial charge in [0, 0.05) is 0 Å². The van der Waals surface area contributed by atoms with Gasteiger partial charge in [-0.15, -0.1) is 0 Å². The molecule has 18 heavy (non-hydrogen) atoms. The molecule has 0 fully saturated rings. The number of nitrogens with zero attached hydrogens (tertiary/aromatic N) is 2. The van der Waals surface area contributed by atoms with Crippen LogP contribution >= 0.6 is 12.2 Å². The van der Waals surface area contributed by atoms with Crippen LogP contribution in [0.25, 0.3) is 0 Å². The Labute approximate surface area is 110 Å². The molecule has 0 aliphatic carbocycles. The zero-order valence-electron chi connectivity index (χ0n) is 9.71. The van der Waals surface area contributed by atoms with Crippen LogP contribution in [-0.2, 0) is 10.0 Å². The highest BCUT2D eigenvalue weighted by Gasteiger charge is 2.15. The minimum atomic E-state index is -3.74. The van der Waals surface area contributed by atoms with Crippen molar-refractivity contribution in [3.8, 4) is 11.8 Å². The first-order valence-electron chi connectivity index (χ1n) is 4.62. The van der Waals surface area contributed by atoms with Crippen molar-refractivity contribution >= 4 is 33.2 Å². The van der Waals surface area contributed by atoms with E-state index in [1.54, 1.807) is 0 Å². The van der Waals surface area contributed by atoms with E-state index >= 15 is 0 Å². The second kappa shape index (κ2) is 5.78. The number of hydrogen-bond donors (Lipinski definition) is 2. The standard InChI is InChI=1S/C8H12N4O4S2/c1-15-6-3-7(16-2)11-8(10-6)12-18(13,14)4-5(9)17/h3H,4H2,1-2H3,(H2,9,17)(H,10,11,12). The van der Waals surface area contributed by atoms with E-state index in [1.807, 2.05) is 0 Å². The van der Waals surface area contributed by atoms with Crippen molar-refractivity contribution in [2.75, 3.05) is 24.7 Å². The van der Waals surface area contributed by atoms with Gasteiger partial charge in [0.25, 0.3) is 0 Å². The maximum absolute atomic E-state index is 11.6. The molecular formula is C8H12N4O4S2. The molecule has 1 aromatic rings. The molecule has 1 aromatic heterocycles. The molecule has 8 nitrogen and oxygen atoms in total. The molecule has 0 saturated heterocycles. The molecule has 1 rings (SSSR count). The summed E-state index contributed by atoms with van der Waals surface area (Å²) < 4.78 is 35.0. The fourth-order valence-corrected chi connectivity index (χ4v) is 2.30. The van der Waals surface area contributed by atoms with E-state index in [0.717, 1.165) is 0 Å². The molecule has 10 heteroatoms. The number of aromatic nitrogens is 2. The molecule has 0 unspecified atom stereocenters. The van der Waals surface area contributed by atoms with Crippen LogP contribution in [-0.4, -0.2) is 43.3 Å². The lowest BCUT2D eigenvalue weighted by atomic mass is 10.6. The largest absolute Gasteiger partial charge is 0.481 e. The van der Waals surface area contributed by atoms with Crippen LogP contribution in [0.1, 0.15) is 0 Å². The SMILES string of the molecule is COc1cc(OC)nc(NS(=O)(=O)CC(N)=S)n1. The number of hydrogen-bond acceptors (Lipinski definition) is 7. The second-order valence-corrected chi connectivity index (χ2v) is 5.35. The van der Waals surface area contributed by atoms with Gasteiger partial charge in [-0.2, -0.15) is 9.97 Å². The number of methoxy groups -OCH3 is 2. The molecule has 0 radical (unpaired) electrons. The van der Waals surface area contributed by atoms with Crippen LogP contribution in [0.15, 0.2) is 6.07 Å². The van der Waals surface area contributed by atoms with Gasteiger partial charge in [0.2, 0.25) is 27.7 Å². The average Bonchev–Trinajstić information content (AvgIpc) is 2.25. The Morgan fingerprint density at radius 2 is 1.89 bits per heavy atom. The van der Waals surface area contributed by atoms with E-state index in [0.29, 0.717) is 0 Å². The van der Waals surface area contributed by atoms with Crippen LogP contribution in [0.5, 0.6) is 11.8 Å². The normalized spacial score (nSPS) is 10.8. The van der Waals surface area contributed by atoms with E-state index in [9.17, 15) is 8.42 Å². The zero-order chi connectivity index (χ0) is 13.8. The Morgan fingerprint density at radius 3 is 2.28 bits per heavy atom. The van der Waals surface area contributed by atoms with E-state index in [1.165, 1.54) is 20.3 Å². The van der Waals surface area contributed by atoms with Gasteiger partial charge in [0.1, 0.15) is 5.75 Å². The maximum Gasteiger partial charge on any atom is 0.243 e. The van der Waals surface area contributed by atoms with E-state index in [4.69, 9.17) is 15.2 Å². The van der Waals surface area contributed by atoms with Gasteiger partial charge in [0.05, 0.1) is 25.3 Å². The Morgan fingerprint density at radius 1 is 1.39 bits per heavy atom. The minimum Gasteiger partial charge on any atom is -0.481 e. The van der Waals surface area contributed by atoms with Crippen molar-refractivity contribution < 1.29 is 17.9 Å². The Hall–Kier alpha value is -1.68. The highest BCUT2D eigenvalue weighted by molar-refractivity contribution is 7.95. The van der Waals surface area contributed by atoms with Crippen molar-refractivity contribution in [2.45, 2.75) is 0 Å². The molecule has 0 aliphatic rings. The lowest BCUT2D eigenvalue weighted by Crippen LogP contribution is -2.27. The third-order valence-corrected chi connectivity index (χ3v) is 3.19. The van der Waals surface area contributed by atoms with Crippen molar-refractivity contribution in [1.29, 1.82) is 0 Å². The fraction of sp³-hybridized carbons (Fsp3) is 0.375. The van der Waals surface area contributed by atoms with Crippen molar-refractivity contribution in [2.24, 2.45) is 5.73 Å². The van der Waals surface area contributed by atoms with Crippen molar-refractivity contribution in [1.82, 2.24) is 9.97 Å². The van der Waals surface area contributed by atoms with Crippen LogP contribution in [0.3, 0.4) is 0 Å². The molecule has 100 valence electrons. The molecule has 1 heterocycles. The molecule has 0 saturated carbocycles. The third-order valence-electron chi connectivity index (χ3n) is 1.68. The molecule has 3 N–H and O–H groups in total. The van der Waals surface area contributed by atoms with Gasteiger partial charge in [-0.1, -0.05) is 12.2 Å². The smallest absolute Gasteiger partial charge is 0.243 e. The lowest BCUT2D eigenvalue weighted by Gasteiger charge is -2.08. The summed E-state index contributed by atoms with van der Waals surface area (Å²) in [4.78, 5) is 7.45.